The average molecular weight is 278 g/mol. The molecule has 1 saturated heterocycles. The van der Waals surface area contributed by atoms with Crippen LogP contribution in [0.5, 0.6) is 0 Å². The van der Waals surface area contributed by atoms with E-state index in [0.717, 1.165) is 17.8 Å². The highest BCUT2D eigenvalue weighted by Gasteiger charge is 2.66. The van der Waals surface area contributed by atoms with E-state index >= 15 is 0 Å². The monoisotopic (exact) mass is 278 g/mol. The van der Waals surface area contributed by atoms with Crippen molar-refractivity contribution in [1.29, 1.82) is 0 Å². The highest BCUT2D eigenvalue weighted by atomic mass is 16.6. The fourth-order valence-electron chi connectivity index (χ4n) is 4.90. The normalized spacial score (nSPS) is 47.0. The van der Waals surface area contributed by atoms with E-state index in [-0.39, 0.29) is 5.97 Å². The lowest BCUT2D eigenvalue weighted by molar-refractivity contribution is -0.141. The number of carbonyl (C=O) groups is 1. The van der Waals surface area contributed by atoms with Crippen molar-refractivity contribution in [3.05, 3.63) is 12.2 Å². The van der Waals surface area contributed by atoms with Crippen molar-refractivity contribution >= 4 is 5.97 Å². The van der Waals surface area contributed by atoms with Gasteiger partial charge in [0.2, 0.25) is 0 Å². The number of rotatable bonds is 5. The van der Waals surface area contributed by atoms with Gasteiger partial charge in [-0.3, -0.25) is 0 Å². The van der Waals surface area contributed by atoms with E-state index in [2.05, 4.69) is 6.58 Å². The van der Waals surface area contributed by atoms with Gasteiger partial charge in [-0.2, -0.15) is 0 Å². The molecule has 20 heavy (non-hydrogen) atoms. The molecule has 4 nitrogen and oxygen atoms in total. The van der Waals surface area contributed by atoms with Crippen LogP contribution in [0.25, 0.3) is 0 Å². The van der Waals surface area contributed by atoms with Gasteiger partial charge in [0, 0.05) is 5.57 Å². The Morgan fingerprint density at radius 1 is 1.25 bits per heavy atom. The maximum Gasteiger partial charge on any atom is 0.333 e. The summed E-state index contributed by atoms with van der Waals surface area (Å²) in [6, 6.07) is 0. The van der Waals surface area contributed by atoms with Crippen LogP contribution in [-0.2, 0) is 19.0 Å². The van der Waals surface area contributed by atoms with Crippen LogP contribution in [0.2, 0.25) is 0 Å². The van der Waals surface area contributed by atoms with E-state index < -0.39 is 0 Å². The van der Waals surface area contributed by atoms with Crippen molar-refractivity contribution in [3.63, 3.8) is 0 Å². The van der Waals surface area contributed by atoms with Gasteiger partial charge in [0.05, 0.1) is 24.9 Å². The number of esters is 1. The Morgan fingerprint density at radius 2 is 2.10 bits per heavy atom. The average Bonchev–Trinajstić information content (AvgIpc) is 2.81. The van der Waals surface area contributed by atoms with E-state index in [1.54, 1.807) is 6.92 Å². The zero-order valence-electron chi connectivity index (χ0n) is 11.9. The van der Waals surface area contributed by atoms with Gasteiger partial charge in [0.1, 0.15) is 6.61 Å². The minimum absolute atomic E-state index is 0.327. The van der Waals surface area contributed by atoms with Crippen LogP contribution in [0, 0.1) is 23.7 Å². The Hall–Kier alpha value is -0.870. The second-order valence-electron chi connectivity index (χ2n) is 6.84. The first kappa shape index (κ1) is 12.8. The van der Waals surface area contributed by atoms with Crippen molar-refractivity contribution in [2.24, 2.45) is 23.7 Å². The fourth-order valence-corrected chi connectivity index (χ4v) is 4.90. The molecule has 7 atom stereocenters. The Bertz CT molecular complexity index is 446. The second kappa shape index (κ2) is 4.57. The quantitative estimate of drug-likeness (QED) is 0.334. The number of fused-ring (bicyclic) bond motifs is 7. The topological polar surface area (TPSA) is 48.1 Å². The molecular weight excluding hydrogens is 256 g/mol. The third kappa shape index (κ3) is 1.92. The third-order valence-corrected chi connectivity index (χ3v) is 5.68. The molecule has 2 bridgehead atoms. The first-order valence-corrected chi connectivity index (χ1v) is 7.75. The molecule has 4 rings (SSSR count). The molecule has 0 aromatic heterocycles. The van der Waals surface area contributed by atoms with Gasteiger partial charge in [0.15, 0.2) is 0 Å². The molecular formula is C16H22O4. The van der Waals surface area contributed by atoms with Crippen LogP contribution >= 0.6 is 0 Å². The number of hydrogen-bond donors (Lipinski definition) is 0. The molecule has 4 aliphatic rings. The summed E-state index contributed by atoms with van der Waals surface area (Å²) < 4.78 is 16.8. The molecule has 4 fully saturated rings. The molecule has 3 saturated carbocycles. The van der Waals surface area contributed by atoms with Gasteiger partial charge < -0.3 is 14.2 Å². The van der Waals surface area contributed by atoms with Crippen LogP contribution in [0.1, 0.15) is 26.2 Å². The summed E-state index contributed by atoms with van der Waals surface area (Å²) in [5.74, 6) is 2.86. The molecule has 0 aromatic carbocycles. The Balaban J connectivity index is 1.25. The Morgan fingerprint density at radius 3 is 2.90 bits per heavy atom. The number of hydrogen-bond acceptors (Lipinski definition) is 4. The van der Waals surface area contributed by atoms with Crippen molar-refractivity contribution in [2.45, 2.75) is 44.5 Å². The van der Waals surface area contributed by atoms with E-state index in [1.165, 1.54) is 19.3 Å². The summed E-state index contributed by atoms with van der Waals surface area (Å²) >= 11 is 0. The minimum Gasteiger partial charge on any atom is -0.460 e. The van der Waals surface area contributed by atoms with E-state index in [0.29, 0.717) is 43.0 Å². The van der Waals surface area contributed by atoms with Crippen molar-refractivity contribution < 1.29 is 19.0 Å². The highest BCUT2D eigenvalue weighted by molar-refractivity contribution is 5.86. The largest absolute Gasteiger partial charge is 0.460 e. The van der Waals surface area contributed by atoms with E-state index in [1.807, 2.05) is 0 Å². The third-order valence-electron chi connectivity index (χ3n) is 5.68. The van der Waals surface area contributed by atoms with Gasteiger partial charge >= 0.3 is 5.97 Å². The van der Waals surface area contributed by atoms with Crippen LogP contribution in [0.15, 0.2) is 12.2 Å². The first-order valence-electron chi connectivity index (χ1n) is 7.75. The maximum absolute atomic E-state index is 11.3. The van der Waals surface area contributed by atoms with Crippen molar-refractivity contribution in [1.82, 2.24) is 0 Å². The van der Waals surface area contributed by atoms with Crippen LogP contribution in [-0.4, -0.2) is 37.5 Å². The van der Waals surface area contributed by atoms with Crippen molar-refractivity contribution in [2.75, 3.05) is 13.2 Å². The number of epoxide rings is 1. The first-order chi connectivity index (χ1) is 9.65. The Labute approximate surface area is 119 Å². The van der Waals surface area contributed by atoms with E-state index in [4.69, 9.17) is 14.2 Å². The zero-order chi connectivity index (χ0) is 13.9. The molecule has 3 aliphatic carbocycles. The zero-order valence-corrected chi connectivity index (χ0v) is 11.9. The predicted molar refractivity (Wildman–Crippen MR) is 72.0 cm³/mol. The lowest BCUT2D eigenvalue weighted by Gasteiger charge is -2.32. The lowest BCUT2D eigenvalue weighted by Crippen LogP contribution is -2.34. The maximum atomic E-state index is 11.3. The van der Waals surface area contributed by atoms with Gasteiger partial charge in [-0.15, -0.1) is 0 Å². The molecule has 4 heteroatoms. The molecule has 110 valence electrons. The molecule has 0 N–H and O–H groups in total. The van der Waals surface area contributed by atoms with E-state index in [9.17, 15) is 4.79 Å². The fraction of sp³-hybridized carbons (Fsp3) is 0.812. The van der Waals surface area contributed by atoms with Gasteiger partial charge in [0.25, 0.3) is 0 Å². The molecule has 1 aliphatic heterocycles. The summed E-state index contributed by atoms with van der Waals surface area (Å²) in [5, 5.41) is 0. The summed E-state index contributed by atoms with van der Waals surface area (Å²) in [6.07, 6.45) is 5.28. The number of carbonyl (C=O) groups excluding carboxylic acids is 1. The van der Waals surface area contributed by atoms with Gasteiger partial charge in [-0.1, -0.05) is 6.58 Å². The smallest absolute Gasteiger partial charge is 0.333 e. The summed E-state index contributed by atoms with van der Waals surface area (Å²) in [7, 11) is 0. The molecule has 0 spiro atoms. The summed E-state index contributed by atoms with van der Waals surface area (Å²) in [5.41, 5.74) is 0.440. The molecule has 0 radical (unpaired) electrons. The lowest BCUT2D eigenvalue weighted by atomic mass is 9.79. The van der Waals surface area contributed by atoms with Crippen LogP contribution in [0.4, 0.5) is 0 Å². The minimum atomic E-state index is -0.327. The van der Waals surface area contributed by atoms with Gasteiger partial charge in [-0.05, 0) is 49.9 Å². The van der Waals surface area contributed by atoms with Gasteiger partial charge in [-0.25, -0.2) is 4.79 Å². The highest BCUT2D eigenvalue weighted by Crippen LogP contribution is 2.64. The molecule has 7 unspecified atom stereocenters. The summed E-state index contributed by atoms with van der Waals surface area (Å²) in [6.45, 7) is 6.05. The SMILES string of the molecule is C=C(C)C(=O)OCCOC1CC2CC1C1C2CC2OC21. The van der Waals surface area contributed by atoms with Crippen LogP contribution in [0.3, 0.4) is 0 Å². The summed E-state index contributed by atoms with van der Waals surface area (Å²) in [4.78, 5) is 11.3. The molecule has 0 amide bonds. The Kier molecular flexibility index (Phi) is 2.93. The number of ether oxygens (including phenoxy) is 3. The van der Waals surface area contributed by atoms with Crippen molar-refractivity contribution in [3.8, 4) is 0 Å². The predicted octanol–water partition coefficient (Wildman–Crippen LogP) is 1.93. The second-order valence-corrected chi connectivity index (χ2v) is 6.84. The molecule has 1 heterocycles. The standard InChI is InChI=1S/C16H22O4/c1-8(2)16(17)19-4-3-18-12-6-9-5-11(12)14-10(9)7-13-15(14)20-13/h9-15H,1,3-7H2,2H3. The van der Waals surface area contributed by atoms with Crippen LogP contribution < -0.4 is 0 Å². The molecule has 0 aromatic rings.